The Bertz CT molecular complexity index is 988. The Hall–Kier alpha value is -3.09. The van der Waals surface area contributed by atoms with E-state index in [-0.39, 0.29) is 16.5 Å². The molecule has 2 aromatic rings. The second-order valence-corrected chi connectivity index (χ2v) is 6.51. The van der Waals surface area contributed by atoms with Crippen LogP contribution < -0.4 is 10.6 Å². The molecule has 1 aliphatic rings. The first-order chi connectivity index (χ1) is 12.9. The van der Waals surface area contributed by atoms with Gasteiger partial charge in [0.1, 0.15) is 5.57 Å². The average Bonchev–Trinajstić information content (AvgIpc) is 2.63. The van der Waals surface area contributed by atoms with Crippen LogP contribution in [0.5, 0.6) is 0 Å². The van der Waals surface area contributed by atoms with E-state index >= 15 is 0 Å². The highest BCUT2D eigenvalue weighted by molar-refractivity contribution is 7.80. The molecule has 1 heterocycles. The van der Waals surface area contributed by atoms with Gasteiger partial charge in [-0.15, -0.1) is 0 Å². The number of benzene rings is 2. The Morgan fingerprint density at radius 3 is 2.22 bits per heavy atom. The summed E-state index contributed by atoms with van der Waals surface area (Å²) in [5, 5.41) is 5.25. The number of carbonyl (C=O) groups is 3. The first-order valence-corrected chi connectivity index (χ1v) is 8.67. The minimum absolute atomic E-state index is 0.00740. The topological polar surface area (TPSA) is 75.3 Å². The number of carbonyl (C=O) groups excluding carboxylic acids is 3. The van der Waals surface area contributed by atoms with Crippen molar-refractivity contribution in [2.75, 3.05) is 0 Å². The lowest BCUT2D eigenvalue weighted by molar-refractivity contribution is -0.123. The van der Waals surface area contributed by atoms with Gasteiger partial charge in [-0.1, -0.05) is 54.1 Å². The molecule has 0 saturated carbocycles. The Labute approximate surface area is 165 Å². The maximum Gasteiger partial charge on any atom is 0.263 e. The van der Waals surface area contributed by atoms with E-state index < -0.39 is 11.8 Å². The van der Waals surface area contributed by atoms with E-state index in [1.54, 1.807) is 54.6 Å². The SMILES string of the molecule is O=C1NC(=S)NC(=O)C1=Cc1ccc(/C=C/C(=O)c2cccc(Cl)c2)cc1. The maximum atomic E-state index is 12.1. The van der Waals surface area contributed by atoms with Crippen LogP contribution >= 0.6 is 23.8 Å². The van der Waals surface area contributed by atoms with Gasteiger partial charge in [0.15, 0.2) is 10.9 Å². The molecular formula is C20H13ClN2O3S. The highest BCUT2D eigenvalue weighted by atomic mass is 35.5. The number of nitrogens with one attached hydrogen (secondary N) is 2. The van der Waals surface area contributed by atoms with Crippen LogP contribution in [-0.2, 0) is 9.59 Å². The number of amides is 2. The third-order valence-corrected chi connectivity index (χ3v) is 4.17. The van der Waals surface area contributed by atoms with Crippen LogP contribution in [0, 0.1) is 0 Å². The van der Waals surface area contributed by atoms with Gasteiger partial charge < -0.3 is 0 Å². The van der Waals surface area contributed by atoms with Crippen LogP contribution in [0.1, 0.15) is 21.5 Å². The van der Waals surface area contributed by atoms with Crippen LogP contribution in [0.2, 0.25) is 5.02 Å². The Balaban J connectivity index is 1.73. The van der Waals surface area contributed by atoms with Crippen LogP contribution in [0.15, 0.2) is 60.2 Å². The fourth-order valence-corrected chi connectivity index (χ4v) is 2.76. The van der Waals surface area contributed by atoms with Crippen molar-refractivity contribution in [1.82, 2.24) is 10.6 Å². The van der Waals surface area contributed by atoms with Crippen molar-refractivity contribution in [3.63, 3.8) is 0 Å². The molecule has 2 aromatic carbocycles. The van der Waals surface area contributed by atoms with Gasteiger partial charge in [-0.05, 0) is 47.6 Å². The summed E-state index contributed by atoms with van der Waals surface area (Å²) in [5.74, 6) is -1.24. The van der Waals surface area contributed by atoms with Gasteiger partial charge in [0.05, 0.1) is 0 Å². The molecule has 0 radical (unpaired) electrons. The average molecular weight is 397 g/mol. The summed E-state index contributed by atoms with van der Waals surface area (Å²) in [7, 11) is 0. The highest BCUT2D eigenvalue weighted by Crippen LogP contribution is 2.14. The van der Waals surface area contributed by atoms with Gasteiger partial charge in [0.2, 0.25) is 0 Å². The zero-order valence-electron chi connectivity index (χ0n) is 13.9. The molecule has 0 bridgehead atoms. The molecule has 1 fully saturated rings. The molecule has 0 aromatic heterocycles. The van der Waals surface area contributed by atoms with E-state index in [1.165, 1.54) is 12.2 Å². The summed E-state index contributed by atoms with van der Waals surface area (Å²) in [6, 6.07) is 13.8. The van der Waals surface area contributed by atoms with Gasteiger partial charge in [0, 0.05) is 10.6 Å². The number of thiocarbonyl (C=S) groups is 1. The Morgan fingerprint density at radius 2 is 1.59 bits per heavy atom. The number of hydrogen-bond acceptors (Lipinski definition) is 4. The minimum atomic E-state index is -0.542. The third-order valence-electron chi connectivity index (χ3n) is 3.73. The number of halogens is 1. The lowest BCUT2D eigenvalue weighted by atomic mass is 10.1. The molecule has 5 nitrogen and oxygen atoms in total. The van der Waals surface area contributed by atoms with Crippen molar-refractivity contribution in [2.24, 2.45) is 0 Å². The molecule has 0 aliphatic carbocycles. The molecule has 134 valence electrons. The fourth-order valence-electron chi connectivity index (χ4n) is 2.39. The van der Waals surface area contributed by atoms with Crippen LogP contribution in [0.25, 0.3) is 12.2 Å². The van der Waals surface area contributed by atoms with Crippen molar-refractivity contribution in [3.05, 3.63) is 81.9 Å². The summed E-state index contributed by atoms with van der Waals surface area (Å²) in [6.45, 7) is 0. The van der Waals surface area contributed by atoms with Crippen LogP contribution in [0.4, 0.5) is 0 Å². The molecular weight excluding hydrogens is 384 g/mol. The molecule has 1 aliphatic heterocycles. The van der Waals surface area contributed by atoms with Crippen molar-refractivity contribution in [2.45, 2.75) is 0 Å². The lowest BCUT2D eigenvalue weighted by Crippen LogP contribution is -2.51. The van der Waals surface area contributed by atoms with Crippen molar-refractivity contribution < 1.29 is 14.4 Å². The van der Waals surface area contributed by atoms with Gasteiger partial charge in [-0.25, -0.2) is 0 Å². The second kappa shape index (κ2) is 8.07. The summed E-state index contributed by atoms with van der Waals surface area (Å²) < 4.78 is 0. The first kappa shape index (κ1) is 18.7. The summed E-state index contributed by atoms with van der Waals surface area (Å²) in [5.41, 5.74) is 1.95. The van der Waals surface area contributed by atoms with Gasteiger partial charge in [-0.3, -0.25) is 25.0 Å². The third kappa shape index (κ3) is 4.75. The largest absolute Gasteiger partial charge is 0.299 e. The van der Waals surface area contributed by atoms with Crippen molar-refractivity contribution in [3.8, 4) is 0 Å². The fraction of sp³-hybridized carbons (Fsp3) is 0. The lowest BCUT2D eigenvalue weighted by Gasteiger charge is -2.16. The normalized spacial score (nSPS) is 14.1. The molecule has 27 heavy (non-hydrogen) atoms. The molecule has 2 N–H and O–H groups in total. The number of ketones is 1. The summed E-state index contributed by atoms with van der Waals surface area (Å²) >= 11 is 10.6. The van der Waals surface area contributed by atoms with E-state index in [0.717, 1.165) is 5.56 Å². The number of rotatable bonds is 4. The first-order valence-electron chi connectivity index (χ1n) is 7.89. The number of allylic oxidation sites excluding steroid dienone is 1. The standard InChI is InChI=1S/C20H13ClN2O3S/c21-15-3-1-2-14(11-15)17(24)9-8-12-4-6-13(7-5-12)10-16-18(25)22-20(27)23-19(16)26/h1-11H,(H2,22,23,25,26,27)/b9-8+. The quantitative estimate of drug-likeness (QED) is 0.360. The van der Waals surface area contributed by atoms with E-state index in [1.807, 2.05) is 0 Å². The maximum absolute atomic E-state index is 12.1. The predicted octanol–water partition coefficient (Wildman–Crippen LogP) is 3.15. The van der Waals surface area contributed by atoms with E-state index in [2.05, 4.69) is 10.6 Å². The zero-order chi connectivity index (χ0) is 19.4. The smallest absolute Gasteiger partial charge is 0.263 e. The molecule has 3 rings (SSSR count). The number of hydrogen-bond donors (Lipinski definition) is 2. The second-order valence-electron chi connectivity index (χ2n) is 5.67. The van der Waals surface area contributed by atoms with Crippen molar-refractivity contribution in [1.29, 1.82) is 0 Å². The van der Waals surface area contributed by atoms with E-state index in [4.69, 9.17) is 23.8 Å². The van der Waals surface area contributed by atoms with Crippen molar-refractivity contribution >= 4 is 58.7 Å². The molecule has 1 saturated heterocycles. The van der Waals surface area contributed by atoms with Gasteiger partial charge >= 0.3 is 0 Å². The zero-order valence-corrected chi connectivity index (χ0v) is 15.4. The molecule has 0 unspecified atom stereocenters. The monoisotopic (exact) mass is 396 g/mol. The van der Waals surface area contributed by atoms with Gasteiger partial charge in [-0.2, -0.15) is 0 Å². The van der Waals surface area contributed by atoms with E-state index in [0.29, 0.717) is 16.1 Å². The predicted molar refractivity (Wildman–Crippen MR) is 108 cm³/mol. The molecule has 7 heteroatoms. The molecule has 2 amide bonds. The highest BCUT2D eigenvalue weighted by Gasteiger charge is 2.25. The van der Waals surface area contributed by atoms with Crippen LogP contribution in [0.3, 0.4) is 0 Å². The summed E-state index contributed by atoms with van der Waals surface area (Å²) in [6.07, 6.45) is 4.61. The molecule has 0 spiro atoms. The Kier molecular flexibility index (Phi) is 5.59. The molecule has 0 atom stereocenters. The minimum Gasteiger partial charge on any atom is -0.299 e. The summed E-state index contributed by atoms with van der Waals surface area (Å²) in [4.78, 5) is 35.8. The van der Waals surface area contributed by atoms with Gasteiger partial charge in [0.25, 0.3) is 11.8 Å². The Morgan fingerprint density at radius 1 is 0.963 bits per heavy atom. The van der Waals surface area contributed by atoms with Crippen LogP contribution in [-0.4, -0.2) is 22.7 Å². The van der Waals surface area contributed by atoms with E-state index in [9.17, 15) is 14.4 Å².